The lowest BCUT2D eigenvalue weighted by Crippen LogP contribution is -2.42. The minimum Gasteiger partial charge on any atom is -0.491 e. The average Bonchev–Trinajstić information content (AvgIpc) is 2.66. The molecule has 0 fully saturated rings. The van der Waals surface area contributed by atoms with Crippen molar-refractivity contribution in [2.75, 3.05) is 31.1 Å². The summed E-state index contributed by atoms with van der Waals surface area (Å²) in [6.07, 6.45) is 3.44. The molecule has 1 aromatic carbocycles. The number of fused-ring (bicyclic) bond motifs is 1. The van der Waals surface area contributed by atoms with E-state index in [9.17, 15) is 0 Å². The first-order valence-electron chi connectivity index (χ1n) is 7.56. The second kappa shape index (κ2) is 7.39. The molecule has 1 heterocycles. The zero-order chi connectivity index (χ0) is 13.5. The lowest BCUT2D eigenvalue weighted by atomic mass is 10.1. The van der Waals surface area contributed by atoms with E-state index < -0.39 is 0 Å². The molecule has 2 rings (SSSR count). The first-order chi connectivity index (χ1) is 9.36. The standard InChI is InChI=1S/C16H26N2O/c1-3-10-17-13-14(4-2)18-11-7-12-19-16-9-6-5-8-15(16)18/h5-6,8-9,14,17H,3-4,7,10-13H2,1-2H3. The maximum absolute atomic E-state index is 5.84. The van der Waals surface area contributed by atoms with Gasteiger partial charge >= 0.3 is 0 Å². The molecule has 0 aliphatic carbocycles. The van der Waals surface area contributed by atoms with Gasteiger partial charge in [-0.25, -0.2) is 0 Å². The third-order valence-electron chi connectivity index (χ3n) is 3.69. The number of anilines is 1. The van der Waals surface area contributed by atoms with Gasteiger partial charge in [0.15, 0.2) is 0 Å². The van der Waals surface area contributed by atoms with Crippen LogP contribution in [-0.4, -0.2) is 32.3 Å². The largest absolute Gasteiger partial charge is 0.491 e. The maximum Gasteiger partial charge on any atom is 0.142 e. The summed E-state index contributed by atoms with van der Waals surface area (Å²) in [5, 5.41) is 3.55. The number of rotatable bonds is 6. The molecule has 1 unspecified atom stereocenters. The molecule has 0 spiro atoms. The molecule has 1 aliphatic heterocycles. The molecule has 0 amide bonds. The van der Waals surface area contributed by atoms with E-state index in [1.54, 1.807) is 0 Å². The van der Waals surface area contributed by atoms with Gasteiger partial charge in [0.05, 0.1) is 12.3 Å². The number of hydrogen-bond acceptors (Lipinski definition) is 3. The molecule has 0 bridgehead atoms. The van der Waals surface area contributed by atoms with E-state index in [0.717, 1.165) is 44.8 Å². The summed E-state index contributed by atoms with van der Waals surface area (Å²) < 4.78 is 5.84. The molecule has 1 atom stereocenters. The van der Waals surface area contributed by atoms with Crippen LogP contribution in [0, 0.1) is 0 Å². The fourth-order valence-corrected chi connectivity index (χ4v) is 2.65. The number of nitrogens with zero attached hydrogens (tertiary/aromatic N) is 1. The van der Waals surface area contributed by atoms with Gasteiger partial charge in [-0.3, -0.25) is 0 Å². The number of ether oxygens (including phenoxy) is 1. The number of hydrogen-bond donors (Lipinski definition) is 1. The Morgan fingerprint density at radius 3 is 2.95 bits per heavy atom. The van der Waals surface area contributed by atoms with E-state index in [2.05, 4.69) is 48.3 Å². The Bertz CT molecular complexity index is 381. The van der Waals surface area contributed by atoms with Crippen molar-refractivity contribution in [3.05, 3.63) is 24.3 Å². The van der Waals surface area contributed by atoms with Crippen LogP contribution in [-0.2, 0) is 0 Å². The van der Waals surface area contributed by atoms with Crippen LogP contribution >= 0.6 is 0 Å². The molecule has 3 heteroatoms. The highest BCUT2D eigenvalue weighted by molar-refractivity contribution is 5.59. The SMILES string of the molecule is CCCNCC(CC)N1CCCOc2ccccc21. The molecule has 1 aliphatic rings. The maximum atomic E-state index is 5.84. The Balaban J connectivity index is 2.12. The van der Waals surface area contributed by atoms with Gasteiger partial charge in [-0.05, 0) is 37.9 Å². The summed E-state index contributed by atoms with van der Waals surface area (Å²) in [5.74, 6) is 1.04. The summed E-state index contributed by atoms with van der Waals surface area (Å²) >= 11 is 0. The summed E-state index contributed by atoms with van der Waals surface area (Å²) in [4.78, 5) is 2.52. The van der Waals surface area contributed by atoms with Gasteiger partial charge in [0.25, 0.3) is 0 Å². The number of benzene rings is 1. The van der Waals surface area contributed by atoms with E-state index in [1.807, 2.05) is 0 Å². The van der Waals surface area contributed by atoms with E-state index >= 15 is 0 Å². The summed E-state index contributed by atoms with van der Waals surface area (Å²) in [6.45, 7) is 8.55. The van der Waals surface area contributed by atoms with Crippen molar-refractivity contribution in [3.63, 3.8) is 0 Å². The van der Waals surface area contributed by atoms with Crippen molar-refractivity contribution < 1.29 is 4.74 Å². The van der Waals surface area contributed by atoms with Crippen molar-refractivity contribution in [2.45, 2.75) is 39.2 Å². The minimum atomic E-state index is 0.550. The van der Waals surface area contributed by atoms with Crippen molar-refractivity contribution in [1.29, 1.82) is 0 Å². The molecule has 19 heavy (non-hydrogen) atoms. The molecule has 106 valence electrons. The first-order valence-corrected chi connectivity index (χ1v) is 7.56. The fourth-order valence-electron chi connectivity index (χ4n) is 2.65. The Morgan fingerprint density at radius 2 is 2.16 bits per heavy atom. The van der Waals surface area contributed by atoms with E-state index in [-0.39, 0.29) is 0 Å². The van der Waals surface area contributed by atoms with Crippen LogP contribution in [0.4, 0.5) is 5.69 Å². The van der Waals surface area contributed by atoms with Gasteiger partial charge in [-0.2, -0.15) is 0 Å². The van der Waals surface area contributed by atoms with E-state index in [1.165, 1.54) is 12.1 Å². The highest BCUT2D eigenvalue weighted by Crippen LogP contribution is 2.32. The summed E-state index contributed by atoms with van der Waals surface area (Å²) in [5.41, 5.74) is 1.25. The zero-order valence-corrected chi connectivity index (χ0v) is 12.2. The Hall–Kier alpha value is -1.22. The van der Waals surface area contributed by atoms with Crippen LogP contribution in [0.3, 0.4) is 0 Å². The van der Waals surface area contributed by atoms with Gasteiger partial charge in [-0.15, -0.1) is 0 Å². The summed E-state index contributed by atoms with van der Waals surface area (Å²) in [7, 11) is 0. The molecular formula is C16H26N2O. The molecule has 1 N–H and O–H groups in total. The normalized spacial score (nSPS) is 16.4. The topological polar surface area (TPSA) is 24.5 Å². The zero-order valence-electron chi connectivity index (χ0n) is 12.2. The molecule has 0 aromatic heterocycles. The Labute approximate surface area is 116 Å². The third kappa shape index (κ3) is 3.63. The Kier molecular flexibility index (Phi) is 5.52. The molecule has 0 saturated heterocycles. The van der Waals surface area contributed by atoms with Crippen molar-refractivity contribution in [1.82, 2.24) is 5.32 Å². The predicted octanol–water partition coefficient (Wildman–Crippen LogP) is 3.05. The fraction of sp³-hybridized carbons (Fsp3) is 0.625. The van der Waals surface area contributed by atoms with Crippen LogP contribution < -0.4 is 15.0 Å². The van der Waals surface area contributed by atoms with Gasteiger partial charge in [-0.1, -0.05) is 26.0 Å². The predicted molar refractivity (Wildman–Crippen MR) is 81.1 cm³/mol. The molecule has 1 aromatic rings. The van der Waals surface area contributed by atoms with E-state index in [4.69, 9.17) is 4.74 Å². The van der Waals surface area contributed by atoms with Gasteiger partial charge in [0.2, 0.25) is 0 Å². The van der Waals surface area contributed by atoms with Crippen molar-refractivity contribution in [2.24, 2.45) is 0 Å². The second-order valence-electron chi connectivity index (χ2n) is 5.13. The average molecular weight is 262 g/mol. The quantitative estimate of drug-likeness (QED) is 0.797. The van der Waals surface area contributed by atoms with Gasteiger partial charge in [0.1, 0.15) is 5.75 Å². The van der Waals surface area contributed by atoms with Gasteiger partial charge < -0.3 is 15.0 Å². The molecule has 0 saturated carbocycles. The van der Waals surface area contributed by atoms with Crippen molar-refractivity contribution >= 4 is 5.69 Å². The monoisotopic (exact) mass is 262 g/mol. The van der Waals surface area contributed by atoms with E-state index in [0.29, 0.717) is 6.04 Å². The third-order valence-corrected chi connectivity index (χ3v) is 3.69. The van der Waals surface area contributed by atoms with Crippen LogP contribution in [0.1, 0.15) is 33.1 Å². The number of para-hydroxylation sites is 2. The lowest BCUT2D eigenvalue weighted by molar-refractivity contribution is 0.322. The van der Waals surface area contributed by atoms with Gasteiger partial charge in [0, 0.05) is 19.1 Å². The van der Waals surface area contributed by atoms with Crippen LogP contribution in [0.2, 0.25) is 0 Å². The summed E-state index contributed by atoms with van der Waals surface area (Å²) in [6, 6.07) is 8.98. The van der Waals surface area contributed by atoms with Crippen LogP contribution in [0.15, 0.2) is 24.3 Å². The second-order valence-corrected chi connectivity index (χ2v) is 5.13. The molecular weight excluding hydrogens is 236 g/mol. The Morgan fingerprint density at radius 1 is 1.32 bits per heavy atom. The molecule has 3 nitrogen and oxygen atoms in total. The van der Waals surface area contributed by atoms with Crippen LogP contribution in [0.5, 0.6) is 5.75 Å². The lowest BCUT2D eigenvalue weighted by Gasteiger charge is -2.32. The number of nitrogens with one attached hydrogen (secondary N) is 1. The highest BCUT2D eigenvalue weighted by atomic mass is 16.5. The van der Waals surface area contributed by atoms with Crippen LogP contribution in [0.25, 0.3) is 0 Å². The first kappa shape index (κ1) is 14.2. The highest BCUT2D eigenvalue weighted by Gasteiger charge is 2.22. The van der Waals surface area contributed by atoms with Crippen molar-refractivity contribution in [3.8, 4) is 5.75 Å². The molecule has 0 radical (unpaired) electrons. The smallest absolute Gasteiger partial charge is 0.142 e. The minimum absolute atomic E-state index is 0.550.